The molecule has 1 unspecified atom stereocenters. The number of benzene rings is 1. The molecule has 2 aromatic heterocycles. The Morgan fingerprint density at radius 3 is 3.12 bits per heavy atom. The van der Waals surface area contributed by atoms with Gasteiger partial charge in [0.1, 0.15) is 0 Å². The lowest BCUT2D eigenvalue weighted by molar-refractivity contribution is 0.0940. The summed E-state index contributed by atoms with van der Waals surface area (Å²) in [6.45, 7) is 1.50. The molecular formula is C18H18ClN5O2. The van der Waals surface area contributed by atoms with Gasteiger partial charge in [-0.15, -0.1) is 0 Å². The van der Waals surface area contributed by atoms with Crippen LogP contribution in [0.15, 0.2) is 48.9 Å². The van der Waals surface area contributed by atoms with E-state index in [1.165, 1.54) is 0 Å². The maximum absolute atomic E-state index is 12.4. The van der Waals surface area contributed by atoms with Crippen LogP contribution in [0.1, 0.15) is 23.3 Å². The largest absolute Gasteiger partial charge is 0.376 e. The van der Waals surface area contributed by atoms with Crippen molar-refractivity contribution in [1.82, 2.24) is 19.6 Å². The van der Waals surface area contributed by atoms with Crippen molar-refractivity contribution in [2.75, 3.05) is 11.9 Å². The molecule has 1 fully saturated rings. The molecule has 134 valence electrons. The molecule has 1 aliphatic heterocycles. The summed E-state index contributed by atoms with van der Waals surface area (Å²) in [4.78, 5) is 12.4. The van der Waals surface area contributed by atoms with Gasteiger partial charge in [-0.2, -0.15) is 10.2 Å². The first-order chi connectivity index (χ1) is 12.7. The zero-order valence-corrected chi connectivity index (χ0v) is 14.8. The molecule has 3 heterocycles. The second kappa shape index (κ2) is 7.31. The highest BCUT2D eigenvalue weighted by Gasteiger charge is 2.17. The van der Waals surface area contributed by atoms with Crippen LogP contribution in [0.3, 0.4) is 0 Å². The van der Waals surface area contributed by atoms with Gasteiger partial charge in [-0.25, -0.2) is 4.68 Å². The first-order valence-electron chi connectivity index (χ1n) is 8.44. The molecule has 8 heteroatoms. The SMILES string of the molecule is O=C(Nc1cnn(CC2CCCO2)c1)c1ccn(-c2cccc(Cl)c2)n1. The fourth-order valence-corrected chi connectivity index (χ4v) is 3.11. The molecule has 3 aromatic rings. The van der Waals surface area contributed by atoms with Gasteiger partial charge in [-0.05, 0) is 37.1 Å². The molecule has 0 bridgehead atoms. The Hall–Kier alpha value is -2.64. The summed E-state index contributed by atoms with van der Waals surface area (Å²) in [5, 5.41) is 12.0. The Morgan fingerprint density at radius 1 is 1.38 bits per heavy atom. The Balaban J connectivity index is 1.41. The summed E-state index contributed by atoms with van der Waals surface area (Å²) in [6.07, 6.45) is 7.48. The van der Waals surface area contributed by atoms with Crippen LogP contribution >= 0.6 is 11.6 Å². The maximum Gasteiger partial charge on any atom is 0.276 e. The highest BCUT2D eigenvalue weighted by molar-refractivity contribution is 6.30. The minimum absolute atomic E-state index is 0.201. The second-order valence-electron chi connectivity index (χ2n) is 6.17. The zero-order chi connectivity index (χ0) is 17.9. The topological polar surface area (TPSA) is 74.0 Å². The third-order valence-electron chi connectivity index (χ3n) is 4.20. The molecule has 1 saturated heterocycles. The number of carbonyl (C=O) groups is 1. The lowest BCUT2D eigenvalue weighted by Gasteiger charge is -2.08. The highest BCUT2D eigenvalue weighted by Crippen LogP contribution is 2.16. The van der Waals surface area contributed by atoms with E-state index in [0.717, 1.165) is 25.1 Å². The number of carbonyl (C=O) groups excluding carboxylic acids is 1. The van der Waals surface area contributed by atoms with Crippen LogP contribution in [0.5, 0.6) is 0 Å². The molecule has 1 atom stereocenters. The number of nitrogens with one attached hydrogen (secondary N) is 1. The lowest BCUT2D eigenvalue weighted by atomic mass is 10.2. The van der Waals surface area contributed by atoms with Crippen molar-refractivity contribution < 1.29 is 9.53 Å². The first kappa shape index (κ1) is 16.8. The van der Waals surface area contributed by atoms with Crippen LogP contribution < -0.4 is 5.32 Å². The van der Waals surface area contributed by atoms with E-state index in [4.69, 9.17) is 16.3 Å². The van der Waals surface area contributed by atoms with E-state index in [1.54, 1.807) is 46.2 Å². The van der Waals surface area contributed by atoms with Crippen LogP contribution in [0.2, 0.25) is 5.02 Å². The Labute approximate surface area is 155 Å². The summed E-state index contributed by atoms with van der Waals surface area (Å²) in [5.74, 6) is -0.289. The van der Waals surface area contributed by atoms with Crippen molar-refractivity contribution in [3.63, 3.8) is 0 Å². The molecule has 1 N–H and O–H groups in total. The molecule has 0 aliphatic carbocycles. The van der Waals surface area contributed by atoms with Crippen molar-refractivity contribution in [2.45, 2.75) is 25.5 Å². The molecule has 1 aromatic carbocycles. The standard InChI is InChI=1S/C18H18ClN5O2/c19-13-3-1-4-15(9-13)24-7-6-17(22-24)18(25)21-14-10-20-23(11-14)12-16-5-2-8-26-16/h1,3-4,6-7,9-11,16H,2,5,8,12H2,(H,21,25). The van der Waals surface area contributed by atoms with Gasteiger partial charge in [0.25, 0.3) is 5.91 Å². The van der Waals surface area contributed by atoms with Crippen molar-refractivity contribution >= 4 is 23.2 Å². The van der Waals surface area contributed by atoms with Gasteiger partial charge in [0, 0.05) is 24.0 Å². The number of halogens is 1. The summed E-state index contributed by atoms with van der Waals surface area (Å²) < 4.78 is 9.00. The van der Waals surface area contributed by atoms with Crippen molar-refractivity contribution in [3.8, 4) is 5.69 Å². The average Bonchev–Trinajstić information content (AvgIpc) is 3.37. The van der Waals surface area contributed by atoms with E-state index in [1.807, 2.05) is 12.1 Å². The number of anilines is 1. The van der Waals surface area contributed by atoms with Gasteiger partial charge in [0.05, 0.1) is 30.2 Å². The average molecular weight is 372 g/mol. The van der Waals surface area contributed by atoms with Crippen LogP contribution in [-0.2, 0) is 11.3 Å². The van der Waals surface area contributed by atoms with Gasteiger partial charge < -0.3 is 10.1 Å². The normalized spacial score (nSPS) is 16.7. The number of aromatic nitrogens is 4. The number of rotatable bonds is 5. The van der Waals surface area contributed by atoms with Gasteiger partial charge >= 0.3 is 0 Å². The molecule has 0 saturated carbocycles. The highest BCUT2D eigenvalue weighted by atomic mass is 35.5. The Kier molecular flexibility index (Phi) is 4.73. The first-order valence-corrected chi connectivity index (χ1v) is 8.82. The summed E-state index contributed by atoms with van der Waals surface area (Å²) >= 11 is 6.00. The quantitative estimate of drug-likeness (QED) is 0.747. The van der Waals surface area contributed by atoms with Crippen LogP contribution in [-0.4, -0.2) is 38.2 Å². The van der Waals surface area contributed by atoms with E-state index >= 15 is 0 Å². The van der Waals surface area contributed by atoms with E-state index < -0.39 is 0 Å². The number of hydrogen-bond donors (Lipinski definition) is 1. The predicted molar refractivity (Wildman–Crippen MR) is 97.7 cm³/mol. The third-order valence-corrected chi connectivity index (χ3v) is 4.44. The molecule has 26 heavy (non-hydrogen) atoms. The van der Waals surface area contributed by atoms with Crippen molar-refractivity contribution in [1.29, 1.82) is 0 Å². The van der Waals surface area contributed by atoms with Crippen molar-refractivity contribution in [3.05, 3.63) is 59.6 Å². The summed E-state index contributed by atoms with van der Waals surface area (Å²) in [7, 11) is 0. The molecule has 7 nitrogen and oxygen atoms in total. The van der Waals surface area contributed by atoms with E-state index in [2.05, 4.69) is 15.5 Å². The number of nitrogens with zero attached hydrogens (tertiary/aromatic N) is 4. The van der Waals surface area contributed by atoms with E-state index in [0.29, 0.717) is 22.9 Å². The predicted octanol–water partition coefficient (Wildman–Crippen LogP) is 3.15. The number of ether oxygens (including phenoxy) is 1. The van der Waals surface area contributed by atoms with Gasteiger partial charge in [-0.1, -0.05) is 17.7 Å². The van der Waals surface area contributed by atoms with E-state index in [-0.39, 0.29) is 12.0 Å². The monoisotopic (exact) mass is 371 g/mol. The molecule has 0 radical (unpaired) electrons. The Morgan fingerprint density at radius 2 is 2.31 bits per heavy atom. The second-order valence-corrected chi connectivity index (χ2v) is 6.60. The minimum Gasteiger partial charge on any atom is -0.376 e. The fourth-order valence-electron chi connectivity index (χ4n) is 2.93. The van der Waals surface area contributed by atoms with Crippen LogP contribution in [0.4, 0.5) is 5.69 Å². The van der Waals surface area contributed by atoms with Gasteiger partial charge in [0.2, 0.25) is 0 Å². The fraction of sp³-hybridized carbons (Fsp3) is 0.278. The maximum atomic E-state index is 12.4. The molecule has 4 rings (SSSR count). The van der Waals surface area contributed by atoms with Crippen molar-refractivity contribution in [2.24, 2.45) is 0 Å². The Bertz CT molecular complexity index is 914. The zero-order valence-electron chi connectivity index (χ0n) is 14.0. The molecule has 1 aliphatic rings. The van der Waals surface area contributed by atoms with E-state index in [9.17, 15) is 4.79 Å². The molecular weight excluding hydrogens is 354 g/mol. The third kappa shape index (κ3) is 3.79. The smallest absolute Gasteiger partial charge is 0.276 e. The lowest BCUT2D eigenvalue weighted by Crippen LogP contribution is -2.15. The number of hydrogen-bond acceptors (Lipinski definition) is 4. The molecule has 1 amide bonds. The molecule has 0 spiro atoms. The summed E-state index contributed by atoms with van der Waals surface area (Å²) in [6, 6.07) is 8.94. The summed E-state index contributed by atoms with van der Waals surface area (Å²) in [5.41, 5.74) is 1.74. The number of amides is 1. The van der Waals surface area contributed by atoms with Crippen LogP contribution in [0, 0.1) is 0 Å². The minimum atomic E-state index is -0.289. The van der Waals surface area contributed by atoms with Gasteiger partial charge in [0.15, 0.2) is 5.69 Å². The van der Waals surface area contributed by atoms with Crippen LogP contribution in [0.25, 0.3) is 5.69 Å². The van der Waals surface area contributed by atoms with Gasteiger partial charge in [-0.3, -0.25) is 9.48 Å².